The van der Waals surface area contributed by atoms with Crippen molar-refractivity contribution in [3.8, 4) is 5.75 Å². The quantitative estimate of drug-likeness (QED) is 0.350. The zero-order valence-corrected chi connectivity index (χ0v) is 21.8. The Kier molecular flexibility index (Phi) is 9.99. The van der Waals surface area contributed by atoms with Crippen molar-refractivity contribution in [1.29, 1.82) is 0 Å². The number of hydrogen-bond acceptors (Lipinski definition) is 7. The maximum Gasteiger partial charge on any atom is 0.269 e. The highest BCUT2D eigenvalue weighted by Gasteiger charge is 2.38. The molecule has 37 heavy (non-hydrogen) atoms. The van der Waals surface area contributed by atoms with Crippen LogP contribution >= 0.6 is 0 Å². The van der Waals surface area contributed by atoms with Crippen LogP contribution < -0.4 is 15.8 Å². The van der Waals surface area contributed by atoms with Crippen LogP contribution in [0.15, 0.2) is 48.5 Å². The van der Waals surface area contributed by atoms with Crippen molar-refractivity contribution in [1.82, 2.24) is 15.1 Å². The Morgan fingerprint density at radius 3 is 2.59 bits per heavy atom. The first kappa shape index (κ1) is 28.1. The Balaban J connectivity index is 1.83. The highest BCUT2D eigenvalue weighted by molar-refractivity contribution is 5.98. The molecule has 1 saturated heterocycles. The average molecular weight is 512 g/mol. The number of piperidine rings is 1. The third-order valence-corrected chi connectivity index (χ3v) is 6.55. The van der Waals surface area contributed by atoms with Crippen molar-refractivity contribution in [2.24, 2.45) is 11.7 Å². The smallest absolute Gasteiger partial charge is 0.269 e. The molecule has 2 amide bonds. The number of likely N-dealkylation sites (tertiary alicyclic amines) is 1. The van der Waals surface area contributed by atoms with Gasteiger partial charge in [0.25, 0.3) is 11.6 Å². The minimum absolute atomic E-state index is 0.0557. The number of carbonyl (C=O) groups excluding carboxylic acids is 2. The van der Waals surface area contributed by atoms with Crippen LogP contribution in [0, 0.1) is 16.0 Å². The molecule has 10 nitrogen and oxygen atoms in total. The number of rotatable bonds is 11. The second-order valence-corrected chi connectivity index (χ2v) is 9.75. The minimum Gasteiger partial charge on any atom is -0.497 e. The van der Waals surface area contributed by atoms with E-state index in [0.29, 0.717) is 56.3 Å². The van der Waals surface area contributed by atoms with Crippen molar-refractivity contribution in [3.63, 3.8) is 0 Å². The van der Waals surface area contributed by atoms with Crippen molar-refractivity contribution >= 4 is 17.5 Å². The average Bonchev–Trinajstić information content (AvgIpc) is 2.90. The van der Waals surface area contributed by atoms with E-state index in [4.69, 9.17) is 10.5 Å². The standard InChI is InChI=1S/C27H37N5O5/c1-19(2)17-30(18-20-7-9-22(10-8-20)32(35)36)23-11-14-31(25(16-23)26(33)29-13-12-28)27(34)21-5-4-6-24(15-21)37-3/h4-10,15,19,23,25H,11-14,16-18,28H2,1-3H3,(H,29,33)/t23?,25-/m1/s1. The SMILES string of the molecule is COc1cccc(C(=O)N2CCC(N(Cc3ccc([N+](=O)[O-])cc3)CC(C)C)C[C@@H]2C(=O)NCCN)c1. The molecule has 200 valence electrons. The molecule has 3 N–H and O–H groups in total. The molecule has 3 rings (SSSR count). The molecule has 2 aromatic rings. The van der Waals surface area contributed by atoms with Gasteiger partial charge in [0.1, 0.15) is 11.8 Å². The zero-order valence-electron chi connectivity index (χ0n) is 21.8. The van der Waals surface area contributed by atoms with Crippen LogP contribution in [-0.2, 0) is 11.3 Å². The highest BCUT2D eigenvalue weighted by atomic mass is 16.6. The van der Waals surface area contributed by atoms with E-state index in [9.17, 15) is 19.7 Å². The maximum absolute atomic E-state index is 13.5. The normalized spacial score (nSPS) is 17.6. The van der Waals surface area contributed by atoms with Gasteiger partial charge in [-0.1, -0.05) is 32.0 Å². The predicted octanol–water partition coefficient (Wildman–Crippen LogP) is 2.81. The number of carbonyl (C=O) groups is 2. The number of non-ortho nitro benzene ring substituents is 1. The van der Waals surface area contributed by atoms with Gasteiger partial charge in [-0.15, -0.1) is 0 Å². The van der Waals surface area contributed by atoms with E-state index >= 15 is 0 Å². The summed E-state index contributed by atoms with van der Waals surface area (Å²) in [5.74, 6) is 0.525. The van der Waals surface area contributed by atoms with Gasteiger partial charge in [-0.2, -0.15) is 0 Å². The summed E-state index contributed by atoms with van der Waals surface area (Å²) < 4.78 is 5.27. The topological polar surface area (TPSA) is 131 Å². The van der Waals surface area contributed by atoms with E-state index in [2.05, 4.69) is 24.1 Å². The number of ether oxygens (including phenoxy) is 1. The van der Waals surface area contributed by atoms with Gasteiger partial charge in [0, 0.05) is 56.5 Å². The van der Waals surface area contributed by atoms with Crippen LogP contribution in [-0.4, -0.2) is 71.9 Å². The summed E-state index contributed by atoms with van der Waals surface area (Å²) in [5, 5.41) is 13.9. The summed E-state index contributed by atoms with van der Waals surface area (Å²) in [5.41, 5.74) is 7.10. The molecule has 1 aliphatic rings. The van der Waals surface area contributed by atoms with Crippen LogP contribution in [0.2, 0.25) is 0 Å². The molecule has 0 spiro atoms. The van der Waals surface area contributed by atoms with E-state index < -0.39 is 11.0 Å². The van der Waals surface area contributed by atoms with Gasteiger partial charge in [0.2, 0.25) is 5.91 Å². The number of nitrogens with one attached hydrogen (secondary N) is 1. The predicted molar refractivity (Wildman–Crippen MR) is 141 cm³/mol. The Hall–Kier alpha value is -3.50. The molecule has 1 heterocycles. The van der Waals surface area contributed by atoms with Gasteiger partial charge in [0.15, 0.2) is 0 Å². The molecule has 10 heteroatoms. The van der Waals surface area contributed by atoms with Crippen molar-refractivity contribution in [2.45, 2.75) is 45.3 Å². The molecule has 1 unspecified atom stereocenters. The first-order chi connectivity index (χ1) is 17.7. The summed E-state index contributed by atoms with van der Waals surface area (Å²) in [6, 6.07) is 12.9. The van der Waals surface area contributed by atoms with Crippen molar-refractivity contribution in [3.05, 3.63) is 69.8 Å². The van der Waals surface area contributed by atoms with Crippen molar-refractivity contribution < 1.29 is 19.2 Å². The van der Waals surface area contributed by atoms with Crippen LogP contribution in [0.4, 0.5) is 5.69 Å². The van der Waals surface area contributed by atoms with E-state index in [0.717, 1.165) is 12.1 Å². The number of benzene rings is 2. The fourth-order valence-electron chi connectivity index (χ4n) is 4.77. The van der Waals surface area contributed by atoms with Crippen LogP contribution in [0.5, 0.6) is 5.75 Å². The zero-order chi connectivity index (χ0) is 26.9. The van der Waals surface area contributed by atoms with Crippen molar-refractivity contribution in [2.75, 3.05) is 33.3 Å². The number of methoxy groups -OCH3 is 1. The summed E-state index contributed by atoms with van der Waals surface area (Å²) in [7, 11) is 1.55. The first-order valence-corrected chi connectivity index (χ1v) is 12.6. The lowest BCUT2D eigenvalue weighted by Gasteiger charge is -2.43. The van der Waals surface area contributed by atoms with Gasteiger partial charge in [-0.25, -0.2) is 0 Å². The summed E-state index contributed by atoms with van der Waals surface area (Å²) in [4.78, 5) is 41.3. The Bertz CT molecular complexity index is 1080. The lowest BCUT2D eigenvalue weighted by molar-refractivity contribution is -0.384. The molecule has 0 saturated carbocycles. The Labute approximate surface area is 217 Å². The molecule has 1 aliphatic heterocycles. The lowest BCUT2D eigenvalue weighted by atomic mass is 9.93. The van der Waals surface area contributed by atoms with Gasteiger partial charge in [-0.05, 0) is 42.5 Å². The van der Waals surface area contributed by atoms with E-state index in [1.54, 1.807) is 48.4 Å². The molecular formula is C27H37N5O5. The summed E-state index contributed by atoms with van der Waals surface area (Å²) >= 11 is 0. The Morgan fingerprint density at radius 1 is 1.24 bits per heavy atom. The van der Waals surface area contributed by atoms with Gasteiger partial charge in [0.05, 0.1) is 12.0 Å². The highest BCUT2D eigenvalue weighted by Crippen LogP contribution is 2.27. The molecule has 0 aliphatic carbocycles. The minimum atomic E-state index is -0.643. The fraction of sp³-hybridized carbons (Fsp3) is 0.481. The van der Waals surface area contributed by atoms with Crippen LogP contribution in [0.25, 0.3) is 0 Å². The molecule has 0 aromatic heterocycles. The van der Waals surface area contributed by atoms with E-state index in [1.807, 2.05) is 0 Å². The number of amides is 2. The number of hydrogen-bond donors (Lipinski definition) is 2. The first-order valence-electron chi connectivity index (χ1n) is 12.6. The molecule has 0 bridgehead atoms. The second kappa shape index (κ2) is 13.2. The lowest BCUT2D eigenvalue weighted by Crippen LogP contribution is -2.57. The third kappa shape index (κ3) is 7.50. The fourth-order valence-corrected chi connectivity index (χ4v) is 4.77. The van der Waals surface area contributed by atoms with Gasteiger partial charge in [-0.3, -0.25) is 24.6 Å². The molecule has 2 aromatic carbocycles. The third-order valence-electron chi connectivity index (χ3n) is 6.55. The number of nitrogens with zero attached hydrogens (tertiary/aromatic N) is 3. The second-order valence-electron chi connectivity index (χ2n) is 9.75. The monoisotopic (exact) mass is 511 g/mol. The van der Waals surface area contributed by atoms with Gasteiger partial charge < -0.3 is 20.7 Å². The largest absolute Gasteiger partial charge is 0.497 e. The van der Waals surface area contributed by atoms with Crippen LogP contribution in [0.1, 0.15) is 42.6 Å². The maximum atomic E-state index is 13.5. The van der Waals surface area contributed by atoms with Gasteiger partial charge >= 0.3 is 0 Å². The molecule has 2 atom stereocenters. The van der Waals surface area contributed by atoms with E-state index in [1.165, 1.54) is 12.1 Å². The molecular weight excluding hydrogens is 474 g/mol. The Morgan fingerprint density at radius 2 is 1.97 bits per heavy atom. The summed E-state index contributed by atoms with van der Waals surface area (Å²) in [6.45, 7) is 6.73. The van der Waals surface area contributed by atoms with E-state index in [-0.39, 0.29) is 23.5 Å². The molecule has 0 radical (unpaired) electrons. The summed E-state index contributed by atoms with van der Waals surface area (Å²) in [6.07, 6.45) is 1.18. The number of nitro groups is 1. The van der Waals surface area contributed by atoms with Crippen LogP contribution in [0.3, 0.4) is 0 Å². The number of nitrogens with two attached hydrogens (primary N) is 1. The molecule has 1 fully saturated rings. The number of nitro benzene ring substituents is 1.